The van der Waals surface area contributed by atoms with E-state index in [4.69, 9.17) is 37.4 Å². The molecule has 0 amide bonds. The van der Waals surface area contributed by atoms with Crippen molar-refractivity contribution in [2.75, 3.05) is 39.5 Å². The molecule has 1 aromatic rings. The molecule has 0 bridgehead atoms. The zero-order valence-electron chi connectivity index (χ0n) is 13.1. The summed E-state index contributed by atoms with van der Waals surface area (Å²) in [5, 5.41) is 1.03. The monoisotopic (exact) mass is 347 g/mol. The molecule has 2 atom stereocenters. The van der Waals surface area contributed by atoms with Gasteiger partial charge in [0.15, 0.2) is 5.75 Å². The Hall–Kier alpha value is -0.520. The molecule has 6 heteroatoms. The van der Waals surface area contributed by atoms with Crippen molar-refractivity contribution in [2.45, 2.75) is 26.1 Å². The van der Waals surface area contributed by atoms with Crippen LogP contribution in [0.5, 0.6) is 5.75 Å². The van der Waals surface area contributed by atoms with Crippen LogP contribution in [0.3, 0.4) is 0 Å². The zero-order chi connectivity index (χ0) is 15.9. The van der Waals surface area contributed by atoms with E-state index in [2.05, 4.69) is 18.7 Å². The van der Waals surface area contributed by atoms with Gasteiger partial charge in [-0.3, -0.25) is 4.90 Å². The van der Waals surface area contributed by atoms with E-state index in [1.54, 1.807) is 18.2 Å². The van der Waals surface area contributed by atoms with Crippen molar-refractivity contribution in [1.82, 2.24) is 4.90 Å². The van der Waals surface area contributed by atoms with Crippen molar-refractivity contribution >= 4 is 23.2 Å². The lowest BCUT2D eigenvalue weighted by molar-refractivity contribution is -0.0734. The van der Waals surface area contributed by atoms with E-state index in [0.717, 1.165) is 19.6 Å². The first-order valence-electron chi connectivity index (χ1n) is 7.58. The molecule has 1 aliphatic rings. The third-order valence-electron chi connectivity index (χ3n) is 3.44. The molecule has 22 heavy (non-hydrogen) atoms. The maximum Gasteiger partial charge on any atom is 0.156 e. The van der Waals surface area contributed by atoms with Crippen LogP contribution in [-0.4, -0.2) is 56.6 Å². The van der Waals surface area contributed by atoms with Crippen LogP contribution in [0.25, 0.3) is 0 Å². The number of morpholine rings is 1. The molecule has 1 saturated heterocycles. The fraction of sp³-hybridized carbons (Fsp3) is 0.625. The molecule has 1 aromatic carbocycles. The summed E-state index contributed by atoms with van der Waals surface area (Å²) in [5.41, 5.74) is 0. The maximum atomic E-state index is 6.03. The number of hydrogen-bond acceptors (Lipinski definition) is 4. The fourth-order valence-corrected chi connectivity index (χ4v) is 3.09. The van der Waals surface area contributed by atoms with Crippen LogP contribution in [0.4, 0.5) is 0 Å². The Labute approximate surface area is 142 Å². The number of para-hydroxylation sites is 1. The van der Waals surface area contributed by atoms with Gasteiger partial charge < -0.3 is 14.2 Å². The van der Waals surface area contributed by atoms with Gasteiger partial charge in [0.1, 0.15) is 6.61 Å². The quantitative estimate of drug-likeness (QED) is 0.706. The SMILES string of the molecule is C[C@@H]1CN(CCOCCOc2c(Cl)cccc2Cl)C[C@H](C)O1. The van der Waals surface area contributed by atoms with E-state index in [-0.39, 0.29) is 12.2 Å². The first kappa shape index (κ1) is 17.8. The Balaban J connectivity index is 1.60. The van der Waals surface area contributed by atoms with Crippen LogP contribution >= 0.6 is 23.2 Å². The summed E-state index contributed by atoms with van der Waals surface area (Å²) in [6.07, 6.45) is 0.573. The molecule has 0 aromatic heterocycles. The first-order chi connectivity index (χ1) is 10.6. The van der Waals surface area contributed by atoms with Crippen molar-refractivity contribution < 1.29 is 14.2 Å². The first-order valence-corrected chi connectivity index (χ1v) is 8.34. The molecule has 1 heterocycles. The van der Waals surface area contributed by atoms with Crippen molar-refractivity contribution in [2.24, 2.45) is 0 Å². The Morgan fingerprint density at radius 3 is 2.36 bits per heavy atom. The van der Waals surface area contributed by atoms with Crippen LogP contribution in [0.2, 0.25) is 10.0 Å². The number of halogens is 2. The van der Waals surface area contributed by atoms with Gasteiger partial charge in [0.05, 0.1) is 35.5 Å². The lowest BCUT2D eigenvalue weighted by Crippen LogP contribution is -2.46. The molecule has 124 valence electrons. The maximum absolute atomic E-state index is 6.03. The van der Waals surface area contributed by atoms with Crippen LogP contribution in [0, 0.1) is 0 Å². The Bertz CT molecular complexity index is 442. The second-order valence-electron chi connectivity index (χ2n) is 5.53. The van der Waals surface area contributed by atoms with Crippen molar-refractivity contribution in [1.29, 1.82) is 0 Å². The van der Waals surface area contributed by atoms with E-state index in [9.17, 15) is 0 Å². The molecular formula is C16H23Cl2NO3. The lowest BCUT2D eigenvalue weighted by atomic mass is 10.2. The summed E-state index contributed by atoms with van der Waals surface area (Å²) >= 11 is 12.1. The highest BCUT2D eigenvalue weighted by atomic mass is 35.5. The zero-order valence-corrected chi connectivity index (χ0v) is 14.6. The van der Waals surface area contributed by atoms with Crippen LogP contribution in [0.15, 0.2) is 18.2 Å². The van der Waals surface area contributed by atoms with Crippen LogP contribution in [-0.2, 0) is 9.47 Å². The van der Waals surface area contributed by atoms with E-state index < -0.39 is 0 Å². The molecule has 0 N–H and O–H groups in total. The third kappa shape index (κ3) is 5.60. The van der Waals surface area contributed by atoms with Gasteiger partial charge in [0, 0.05) is 19.6 Å². The molecule has 1 fully saturated rings. The lowest BCUT2D eigenvalue weighted by Gasteiger charge is -2.35. The highest BCUT2D eigenvalue weighted by Gasteiger charge is 2.21. The minimum atomic E-state index is 0.287. The minimum absolute atomic E-state index is 0.287. The average Bonchev–Trinajstić information content (AvgIpc) is 2.44. The van der Waals surface area contributed by atoms with Crippen LogP contribution < -0.4 is 4.74 Å². The van der Waals surface area contributed by atoms with Crippen molar-refractivity contribution in [3.63, 3.8) is 0 Å². The third-order valence-corrected chi connectivity index (χ3v) is 4.04. The summed E-state index contributed by atoms with van der Waals surface area (Å²) in [6.45, 7) is 8.65. The van der Waals surface area contributed by atoms with Gasteiger partial charge in [-0.05, 0) is 26.0 Å². The number of hydrogen-bond donors (Lipinski definition) is 0. The van der Waals surface area contributed by atoms with E-state index in [1.807, 2.05) is 0 Å². The Morgan fingerprint density at radius 1 is 1.09 bits per heavy atom. The number of benzene rings is 1. The van der Waals surface area contributed by atoms with Gasteiger partial charge in [-0.1, -0.05) is 29.3 Å². The van der Waals surface area contributed by atoms with Crippen molar-refractivity contribution in [3.8, 4) is 5.75 Å². The molecule has 1 aliphatic heterocycles. The largest absolute Gasteiger partial charge is 0.488 e. The Morgan fingerprint density at radius 2 is 1.73 bits per heavy atom. The second-order valence-corrected chi connectivity index (χ2v) is 6.34. The number of nitrogens with zero attached hydrogens (tertiary/aromatic N) is 1. The molecule has 0 radical (unpaired) electrons. The predicted molar refractivity (Wildman–Crippen MR) is 89.2 cm³/mol. The van der Waals surface area contributed by atoms with E-state index in [0.29, 0.717) is 35.6 Å². The van der Waals surface area contributed by atoms with Gasteiger partial charge >= 0.3 is 0 Å². The topological polar surface area (TPSA) is 30.9 Å². The van der Waals surface area contributed by atoms with Gasteiger partial charge in [-0.15, -0.1) is 0 Å². The fourth-order valence-electron chi connectivity index (χ4n) is 2.59. The van der Waals surface area contributed by atoms with E-state index in [1.165, 1.54) is 0 Å². The van der Waals surface area contributed by atoms with Gasteiger partial charge in [-0.2, -0.15) is 0 Å². The summed E-state index contributed by atoms with van der Waals surface area (Å²) in [4.78, 5) is 2.37. The van der Waals surface area contributed by atoms with Crippen molar-refractivity contribution in [3.05, 3.63) is 28.2 Å². The molecule has 0 aliphatic carbocycles. The molecule has 2 rings (SSSR count). The smallest absolute Gasteiger partial charge is 0.156 e. The normalized spacial score (nSPS) is 22.7. The highest BCUT2D eigenvalue weighted by Crippen LogP contribution is 2.32. The summed E-state index contributed by atoms with van der Waals surface area (Å²) in [7, 11) is 0. The summed E-state index contributed by atoms with van der Waals surface area (Å²) in [6, 6.07) is 5.30. The highest BCUT2D eigenvalue weighted by molar-refractivity contribution is 6.37. The van der Waals surface area contributed by atoms with Gasteiger partial charge in [-0.25, -0.2) is 0 Å². The minimum Gasteiger partial charge on any atom is -0.488 e. The number of ether oxygens (including phenoxy) is 3. The molecule has 4 nitrogen and oxygen atoms in total. The molecule has 0 saturated carbocycles. The second kappa shape index (κ2) is 8.94. The number of rotatable bonds is 7. The summed E-state index contributed by atoms with van der Waals surface area (Å²) < 4.78 is 16.9. The van der Waals surface area contributed by atoms with Gasteiger partial charge in [0.25, 0.3) is 0 Å². The molecule has 0 spiro atoms. The molecular weight excluding hydrogens is 325 g/mol. The standard InChI is InChI=1S/C16H23Cl2NO3/c1-12-10-19(11-13(2)22-12)6-7-20-8-9-21-16-14(17)4-3-5-15(16)18/h3-5,12-13H,6-11H2,1-2H3/t12-,13+. The summed E-state index contributed by atoms with van der Waals surface area (Å²) in [5.74, 6) is 0.519. The predicted octanol–water partition coefficient (Wildman–Crippen LogP) is 3.50. The van der Waals surface area contributed by atoms with Crippen LogP contribution in [0.1, 0.15) is 13.8 Å². The Kier molecular flexibility index (Phi) is 7.25. The van der Waals surface area contributed by atoms with E-state index >= 15 is 0 Å². The average molecular weight is 348 g/mol. The molecule has 0 unspecified atom stereocenters. The van der Waals surface area contributed by atoms with Gasteiger partial charge in [0.2, 0.25) is 0 Å².